The van der Waals surface area contributed by atoms with Gasteiger partial charge in [0.15, 0.2) is 0 Å². The average molecular weight is 372 g/mol. The van der Waals surface area contributed by atoms with Crippen molar-refractivity contribution < 1.29 is 9.90 Å². The van der Waals surface area contributed by atoms with Crippen LogP contribution in [0.1, 0.15) is 36.8 Å². The average Bonchev–Trinajstić information content (AvgIpc) is 3.22. The minimum Gasteiger partial charge on any atom is -0.465 e. The third kappa shape index (κ3) is 3.12. The predicted molar refractivity (Wildman–Crippen MR) is 106 cm³/mol. The fraction of sp³-hybridized carbons (Fsp3) is 0.500. The number of hydrogen-bond donors (Lipinski definition) is 1. The van der Waals surface area contributed by atoms with Gasteiger partial charge in [-0.05, 0) is 51.4 Å². The molecule has 1 aliphatic carbocycles. The number of carboxylic acid groups (broad SMARTS) is 1. The molecule has 138 valence electrons. The van der Waals surface area contributed by atoms with E-state index < -0.39 is 6.09 Å². The van der Waals surface area contributed by atoms with Crippen molar-refractivity contribution in [2.75, 3.05) is 27.2 Å². The third-order valence-corrected chi connectivity index (χ3v) is 6.62. The Hall–Kier alpha value is -1.92. The molecule has 6 heteroatoms. The van der Waals surface area contributed by atoms with E-state index in [0.29, 0.717) is 12.5 Å². The van der Waals surface area contributed by atoms with Crippen LogP contribution in [0.5, 0.6) is 0 Å². The Labute approximate surface area is 157 Å². The second-order valence-corrected chi connectivity index (χ2v) is 9.07. The van der Waals surface area contributed by atoms with Gasteiger partial charge in [0.2, 0.25) is 0 Å². The van der Waals surface area contributed by atoms with Gasteiger partial charge in [-0.15, -0.1) is 11.3 Å². The van der Waals surface area contributed by atoms with Crippen LogP contribution in [-0.2, 0) is 5.41 Å². The number of benzene rings is 1. The molecule has 0 saturated heterocycles. The van der Waals surface area contributed by atoms with Gasteiger partial charge in [0.25, 0.3) is 0 Å². The lowest BCUT2D eigenvalue weighted by Gasteiger charge is -2.29. The predicted octanol–water partition coefficient (Wildman–Crippen LogP) is 4.25. The summed E-state index contributed by atoms with van der Waals surface area (Å²) in [4.78, 5) is 20.3. The first kappa shape index (κ1) is 17.5. The summed E-state index contributed by atoms with van der Waals surface area (Å²) in [5.74, 6) is 0.352. The zero-order valence-corrected chi connectivity index (χ0v) is 16.3. The Bertz CT molecular complexity index is 882. The summed E-state index contributed by atoms with van der Waals surface area (Å²) in [6.07, 6.45) is 4.47. The molecule has 2 heterocycles. The van der Waals surface area contributed by atoms with E-state index in [2.05, 4.69) is 38.1 Å². The summed E-state index contributed by atoms with van der Waals surface area (Å²) < 4.78 is 1.18. The number of rotatable bonds is 4. The zero-order valence-electron chi connectivity index (χ0n) is 15.5. The molecule has 26 heavy (non-hydrogen) atoms. The molecule has 4 rings (SSSR count). The van der Waals surface area contributed by atoms with E-state index in [1.807, 2.05) is 12.1 Å². The molecule has 1 amide bonds. The van der Waals surface area contributed by atoms with Gasteiger partial charge in [-0.1, -0.05) is 19.1 Å². The van der Waals surface area contributed by atoms with Gasteiger partial charge < -0.3 is 10.0 Å². The molecule has 0 radical (unpaired) electrons. The molecule has 1 saturated carbocycles. The molecule has 2 aliphatic rings. The Morgan fingerprint density at radius 3 is 2.85 bits per heavy atom. The number of hydrogen-bond acceptors (Lipinski definition) is 4. The molecular formula is C20H25N3O2S. The number of fused-ring (bicyclic) bond motifs is 1. The van der Waals surface area contributed by atoms with Gasteiger partial charge in [-0.3, -0.25) is 4.90 Å². The van der Waals surface area contributed by atoms with Crippen molar-refractivity contribution in [1.29, 1.82) is 0 Å². The number of likely N-dealkylation sites (N-methyl/N-ethyl adjacent to an activating group) is 1. The third-order valence-electron chi connectivity index (χ3n) is 5.34. The van der Waals surface area contributed by atoms with Crippen LogP contribution in [-0.4, -0.2) is 53.2 Å². The molecule has 0 bridgehead atoms. The summed E-state index contributed by atoms with van der Waals surface area (Å²) in [5.41, 5.74) is 2.94. The van der Waals surface area contributed by atoms with E-state index in [9.17, 15) is 9.90 Å². The van der Waals surface area contributed by atoms with E-state index in [1.54, 1.807) is 11.3 Å². The van der Waals surface area contributed by atoms with Crippen molar-refractivity contribution in [3.63, 3.8) is 0 Å². The van der Waals surface area contributed by atoms with Crippen LogP contribution in [0, 0.1) is 5.92 Å². The standard InChI is InChI=1S/C20H25N3O2S/c1-13-4-6-16(23(11-13)19(24)25)14-5-7-17-15(10-14)21-18(26-17)20(8-9-20)12-22(2)3/h5-7,10,13H,4,8-9,11-12H2,1-3H3,(H,24,25)/t13-/m0/s1. The normalized spacial score (nSPS) is 21.9. The van der Waals surface area contributed by atoms with E-state index in [1.165, 1.54) is 27.4 Å². The highest BCUT2D eigenvalue weighted by Crippen LogP contribution is 2.50. The summed E-state index contributed by atoms with van der Waals surface area (Å²) in [6.45, 7) is 3.67. The molecule has 1 aromatic carbocycles. The number of aromatic nitrogens is 1. The fourth-order valence-electron chi connectivity index (χ4n) is 3.87. The van der Waals surface area contributed by atoms with E-state index in [-0.39, 0.29) is 5.41 Å². The maximum Gasteiger partial charge on any atom is 0.411 e. The van der Waals surface area contributed by atoms with Crippen molar-refractivity contribution in [3.05, 3.63) is 34.8 Å². The molecule has 2 aromatic rings. The summed E-state index contributed by atoms with van der Waals surface area (Å²) in [6, 6.07) is 6.18. The minimum atomic E-state index is -0.884. The van der Waals surface area contributed by atoms with Crippen LogP contribution >= 0.6 is 11.3 Å². The summed E-state index contributed by atoms with van der Waals surface area (Å²) in [5, 5.41) is 10.8. The van der Waals surface area contributed by atoms with Gasteiger partial charge in [-0.2, -0.15) is 0 Å². The first-order valence-corrected chi connectivity index (χ1v) is 9.96. The molecule has 1 N–H and O–H groups in total. The Morgan fingerprint density at radius 2 is 2.19 bits per heavy atom. The lowest BCUT2D eigenvalue weighted by Crippen LogP contribution is -2.34. The quantitative estimate of drug-likeness (QED) is 0.873. The van der Waals surface area contributed by atoms with E-state index >= 15 is 0 Å². The van der Waals surface area contributed by atoms with Crippen molar-refractivity contribution in [3.8, 4) is 0 Å². The topological polar surface area (TPSA) is 56.7 Å². The molecule has 5 nitrogen and oxygen atoms in total. The number of amides is 1. The molecule has 0 spiro atoms. The van der Waals surface area contributed by atoms with Crippen LogP contribution in [0.4, 0.5) is 4.79 Å². The smallest absolute Gasteiger partial charge is 0.411 e. The van der Waals surface area contributed by atoms with Crippen LogP contribution in [0.15, 0.2) is 24.3 Å². The van der Waals surface area contributed by atoms with Crippen molar-refractivity contribution in [2.45, 2.75) is 31.6 Å². The second kappa shape index (κ2) is 6.35. The van der Waals surface area contributed by atoms with E-state index in [4.69, 9.17) is 4.98 Å². The number of thiazole rings is 1. The molecule has 1 fully saturated rings. The minimum absolute atomic E-state index is 0.222. The van der Waals surface area contributed by atoms with Gasteiger partial charge in [0.1, 0.15) is 5.01 Å². The van der Waals surface area contributed by atoms with Crippen LogP contribution in [0.25, 0.3) is 15.9 Å². The largest absolute Gasteiger partial charge is 0.465 e. The Balaban J connectivity index is 1.69. The zero-order chi connectivity index (χ0) is 18.5. The molecule has 0 unspecified atom stereocenters. The SMILES string of the molecule is C[C@H]1CC=C(c2ccc3sc(C4(CN(C)C)CC4)nc3c2)N(C(=O)O)C1. The summed E-state index contributed by atoms with van der Waals surface area (Å²) in [7, 11) is 4.23. The highest BCUT2D eigenvalue weighted by molar-refractivity contribution is 7.18. The van der Waals surface area contributed by atoms with Crippen LogP contribution < -0.4 is 0 Å². The van der Waals surface area contributed by atoms with Gasteiger partial charge in [0.05, 0.1) is 15.9 Å². The Morgan fingerprint density at radius 1 is 1.42 bits per heavy atom. The van der Waals surface area contributed by atoms with Gasteiger partial charge >= 0.3 is 6.09 Å². The lowest BCUT2D eigenvalue weighted by molar-refractivity contribution is 0.159. The van der Waals surface area contributed by atoms with Crippen LogP contribution in [0.3, 0.4) is 0 Å². The second-order valence-electron chi connectivity index (χ2n) is 8.04. The monoisotopic (exact) mass is 371 g/mol. The highest BCUT2D eigenvalue weighted by Gasteiger charge is 2.47. The van der Waals surface area contributed by atoms with Crippen molar-refractivity contribution in [1.82, 2.24) is 14.8 Å². The van der Waals surface area contributed by atoms with Gasteiger partial charge in [0, 0.05) is 24.1 Å². The number of carbonyl (C=O) groups is 1. The van der Waals surface area contributed by atoms with Gasteiger partial charge in [-0.25, -0.2) is 9.78 Å². The number of allylic oxidation sites excluding steroid dienone is 1. The molecule has 1 atom stereocenters. The van der Waals surface area contributed by atoms with Crippen molar-refractivity contribution in [2.24, 2.45) is 5.92 Å². The van der Waals surface area contributed by atoms with Crippen molar-refractivity contribution >= 4 is 33.3 Å². The molecule has 1 aromatic heterocycles. The Kier molecular flexibility index (Phi) is 4.28. The molecule has 1 aliphatic heterocycles. The lowest BCUT2D eigenvalue weighted by atomic mass is 9.98. The highest BCUT2D eigenvalue weighted by atomic mass is 32.1. The summed E-state index contributed by atoms with van der Waals surface area (Å²) >= 11 is 1.78. The first-order chi connectivity index (χ1) is 12.4. The maximum absolute atomic E-state index is 11.7. The van der Waals surface area contributed by atoms with E-state index in [0.717, 1.165) is 29.7 Å². The van der Waals surface area contributed by atoms with Crippen LogP contribution in [0.2, 0.25) is 0 Å². The first-order valence-electron chi connectivity index (χ1n) is 9.15. The number of nitrogens with zero attached hydrogens (tertiary/aromatic N) is 3. The maximum atomic E-state index is 11.7. The molecular weight excluding hydrogens is 346 g/mol. The fourth-order valence-corrected chi connectivity index (χ4v) is 5.05.